The summed E-state index contributed by atoms with van der Waals surface area (Å²) in [7, 11) is -4.07. The number of carbonyl (C=O) groups is 1. The molecule has 0 saturated heterocycles. The highest BCUT2D eigenvalue weighted by molar-refractivity contribution is 7.98. The molecule has 0 spiro atoms. The third-order valence-corrected chi connectivity index (χ3v) is 7.30. The molecule has 0 unspecified atom stereocenters. The first-order valence-corrected chi connectivity index (χ1v) is 12.2. The molecule has 0 saturated carbocycles. The van der Waals surface area contributed by atoms with E-state index in [0.717, 1.165) is 9.20 Å². The van der Waals surface area contributed by atoms with Crippen molar-refractivity contribution in [1.82, 2.24) is 0 Å². The van der Waals surface area contributed by atoms with Crippen LogP contribution in [0.4, 0.5) is 11.4 Å². The Kier molecular flexibility index (Phi) is 7.31. The quantitative estimate of drug-likeness (QED) is 0.450. The van der Waals surface area contributed by atoms with Crippen LogP contribution in [0, 0.1) is 0 Å². The van der Waals surface area contributed by atoms with Gasteiger partial charge >= 0.3 is 0 Å². The van der Waals surface area contributed by atoms with Crippen LogP contribution >= 0.6 is 35.0 Å². The second-order valence-electron chi connectivity index (χ2n) is 6.17. The summed E-state index contributed by atoms with van der Waals surface area (Å²) in [5.74, 6) is -0.507. The SMILES string of the molecule is CSc1ccccc1NC(=O)CN(c1cc(Cl)ccc1Cl)S(=O)(=O)c1ccccc1. The van der Waals surface area contributed by atoms with Crippen LogP contribution in [0.5, 0.6) is 0 Å². The van der Waals surface area contributed by atoms with E-state index in [9.17, 15) is 13.2 Å². The third-order valence-electron chi connectivity index (χ3n) is 4.18. The number of rotatable bonds is 7. The van der Waals surface area contributed by atoms with E-state index in [1.54, 1.807) is 36.4 Å². The topological polar surface area (TPSA) is 66.5 Å². The first-order chi connectivity index (χ1) is 14.3. The lowest BCUT2D eigenvalue weighted by atomic mass is 10.3. The minimum Gasteiger partial charge on any atom is -0.323 e. The van der Waals surface area contributed by atoms with Crippen molar-refractivity contribution in [3.05, 3.63) is 82.8 Å². The number of hydrogen-bond donors (Lipinski definition) is 1. The van der Waals surface area contributed by atoms with Crippen LogP contribution in [-0.4, -0.2) is 27.1 Å². The summed E-state index contributed by atoms with van der Waals surface area (Å²) in [4.78, 5) is 13.7. The van der Waals surface area contributed by atoms with E-state index in [2.05, 4.69) is 5.32 Å². The van der Waals surface area contributed by atoms with Crippen LogP contribution in [0.1, 0.15) is 0 Å². The van der Waals surface area contributed by atoms with Crippen molar-refractivity contribution in [2.24, 2.45) is 0 Å². The number of nitrogens with zero attached hydrogens (tertiary/aromatic N) is 1. The van der Waals surface area contributed by atoms with Gasteiger partial charge in [-0.3, -0.25) is 9.10 Å². The van der Waals surface area contributed by atoms with E-state index < -0.39 is 22.5 Å². The molecule has 3 rings (SSSR count). The summed E-state index contributed by atoms with van der Waals surface area (Å²) in [6, 6.07) is 19.6. The lowest BCUT2D eigenvalue weighted by Gasteiger charge is -2.25. The van der Waals surface area contributed by atoms with Gasteiger partial charge in [-0.05, 0) is 48.7 Å². The van der Waals surface area contributed by atoms with E-state index in [0.29, 0.717) is 10.7 Å². The maximum absolute atomic E-state index is 13.3. The van der Waals surface area contributed by atoms with E-state index in [1.807, 2.05) is 18.4 Å². The molecule has 1 amide bonds. The van der Waals surface area contributed by atoms with Crippen molar-refractivity contribution in [3.8, 4) is 0 Å². The number of nitrogens with one attached hydrogen (secondary N) is 1. The highest BCUT2D eigenvalue weighted by Gasteiger charge is 2.29. The number of anilines is 2. The molecule has 5 nitrogen and oxygen atoms in total. The molecular weight excluding hydrogens is 463 g/mol. The number of para-hydroxylation sites is 1. The van der Waals surface area contributed by atoms with Crippen LogP contribution in [0.15, 0.2) is 82.6 Å². The van der Waals surface area contributed by atoms with Crippen LogP contribution < -0.4 is 9.62 Å². The molecule has 3 aromatic carbocycles. The Labute approximate surface area is 190 Å². The Hall–Kier alpha value is -2.19. The zero-order chi connectivity index (χ0) is 21.7. The number of amides is 1. The van der Waals surface area contributed by atoms with Gasteiger partial charge in [0.05, 0.1) is 21.3 Å². The molecule has 0 atom stereocenters. The molecule has 0 aliphatic carbocycles. The minimum atomic E-state index is -4.07. The molecule has 9 heteroatoms. The number of benzene rings is 3. The Morgan fingerprint density at radius 1 is 1.00 bits per heavy atom. The van der Waals surface area contributed by atoms with E-state index in [-0.39, 0.29) is 15.6 Å². The second kappa shape index (κ2) is 9.75. The first kappa shape index (κ1) is 22.5. The highest BCUT2D eigenvalue weighted by atomic mass is 35.5. The van der Waals surface area contributed by atoms with Crippen LogP contribution in [0.3, 0.4) is 0 Å². The summed E-state index contributed by atoms with van der Waals surface area (Å²) in [5.41, 5.74) is 0.727. The lowest BCUT2D eigenvalue weighted by molar-refractivity contribution is -0.114. The average Bonchev–Trinajstić information content (AvgIpc) is 2.75. The van der Waals surface area contributed by atoms with Gasteiger partial charge in [0.2, 0.25) is 5.91 Å². The van der Waals surface area contributed by atoms with E-state index in [4.69, 9.17) is 23.2 Å². The maximum atomic E-state index is 13.3. The van der Waals surface area contributed by atoms with Crippen molar-refractivity contribution in [1.29, 1.82) is 0 Å². The molecule has 0 aromatic heterocycles. The van der Waals surface area contributed by atoms with Gasteiger partial charge in [0.15, 0.2) is 0 Å². The largest absolute Gasteiger partial charge is 0.323 e. The monoisotopic (exact) mass is 480 g/mol. The van der Waals surface area contributed by atoms with Crippen molar-refractivity contribution >= 4 is 62.3 Å². The van der Waals surface area contributed by atoms with E-state index in [1.165, 1.54) is 36.0 Å². The predicted molar refractivity (Wildman–Crippen MR) is 124 cm³/mol. The van der Waals surface area contributed by atoms with Crippen molar-refractivity contribution in [2.45, 2.75) is 9.79 Å². The number of thioether (sulfide) groups is 1. The number of sulfonamides is 1. The normalized spacial score (nSPS) is 11.2. The standard InChI is InChI=1S/C21H18Cl2N2O3S2/c1-29-20-10-6-5-9-18(20)24-21(26)14-25(19-13-15(22)11-12-17(19)23)30(27,28)16-7-3-2-4-8-16/h2-13H,14H2,1H3,(H,24,26). The van der Waals surface area contributed by atoms with Gasteiger partial charge < -0.3 is 5.32 Å². The van der Waals surface area contributed by atoms with Crippen molar-refractivity contribution < 1.29 is 13.2 Å². The van der Waals surface area contributed by atoms with Gasteiger partial charge in [-0.15, -0.1) is 11.8 Å². The zero-order valence-electron chi connectivity index (χ0n) is 15.9. The molecule has 1 N–H and O–H groups in total. The zero-order valence-corrected chi connectivity index (χ0v) is 19.0. The number of halogens is 2. The Morgan fingerprint density at radius 2 is 1.67 bits per heavy atom. The van der Waals surface area contributed by atoms with Crippen molar-refractivity contribution in [3.63, 3.8) is 0 Å². The number of carbonyl (C=O) groups excluding carboxylic acids is 1. The summed E-state index contributed by atoms with van der Waals surface area (Å²) in [5, 5.41) is 3.24. The highest BCUT2D eigenvalue weighted by Crippen LogP contribution is 2.33. The summed E-state index contributed by atoms with van der Waals surface area (Å²) in [6.45, 7) is -0.472. The summed E-state index contributed by atoms with van der Waals surface area (Å²) < 4.78 is 27.7. The fourth-order valence-corrected chi connectivity index (χ4v) is 5.21. The Morgan fingerprint density at radius 3 is 2.37 bits per heavy atom. The Balaban J connectivity index is 2.00. The molecular formula is C21H18Cl2N2O3S2. The summed E-state index contributed by atoms with van der Waals surface area (Å²) in [6.07, 6.45) is 1.89. The molecule has 3 aromatic rings. The fourth-order valence-electron chi connectivity index (χ4n) is 2.76. The molecule has 156 valence electrons. The summed E-state index contributed by atoms with van der Waals surface area (Å²) >= 11 is 13.8. The third kappa shape index (κ3) is 5.10. The molecule has 0 aliphatic heterocycles. The Bertz CT molecular complexity index is 1160. The molecule has 0 radical (unpaired) electrons. The van der Waals surface area contributed by atoms with Gasteiger partial charge in [0, 0.05) is 9.92 Å². The second-order valence-corrected chi connectivity index (χ2v) is 9.72. The lowest BCUT2D eigenvalue weighted by Crippen LogP contribution is -2.38. The average molecular weight is 481 g/mol. The molecule has 0 bridgehead atoms. The predicted octanol–water partition coefficient (Wildman–Crippen LogP) is 5.55. The van der Waals surface area contributed by atoms with Crippen molar-refractivity contribution in [2.75, 3.05) is 22.4 Å². The molecule has 0 aliphatic rings. The first-order valence-electron chi connectivity index (χ1n) is 8.78. The van der Waals surface area contributed by atoms with Crippen LogP contribution in [0.2, 0.25) is 10.0 Å². The van der Waals surface area contributed by atoms with Gasteiger partial charge in [-0.1, -0.05) is 53.5 Å². The number of hydrogen-bond acceptors (Lipinski definition) is 4. The smallest absolute Gasteiger partial charge is 0.264 e. The van der Waals surface area contributed by atoms with Crippen LogP contribution in [0.25, 0.3) is 0 Å². The van der Waals surface area contributed by atoms with Gasteiger partial charge in [0.25, 0.3) is 10.0 Å². The van der Waals surface area contributed by atoms with Gasteiger partial charge in [-0.2, -0.15) is 0 Å². The molecule has 0 heterocycles. The van der Waals surface area contributed by atoms with Crippen LogP contribution in [-0.2, 0) is 14.8 Å². The molecule has 30 heavy (non-hydrogen) atoms. The fraction of sp³-hybridized carbons (Fsp3) is 0.0952. The molecule has 0 fully saturated rings. The van der Waals surface area contributed by atoms with Gasteiger partial charge in [0.1, 0.15) is 6.54 Å². The van der Waals surface area contributed by atoms with Gasteiger partial charge in [-0.25, -0.2) is 8.42 Å². The minimum absolute atomic E-state index is 0.0401. The van der Waals surface area contributed by atoms with E-state index >= 15 is 0 Å². The maximum Gasteiger partial charge on any atom is 0.264 e.